The van der Waals surface area contributed by atoms with E-state index >= 15 is 0 Å². The summed E-state index contributed by atoms with van der Waals surface area (Å²) in [6.45, 7) is 7.38. The number of nitrogens with one attached hydrogen (secondary N) is 1. The lowest BCUT2D eigenvalue weighted by molar-refractivity contribution is 0.867. The van der Waals surface area contributed by atoms with Gasteiger partial charge in [0.05, 0.1) is 0 Å². The van der Waals surface area contributed by atoms with Crippen LogP contribution in [-0.4, -0.2) is 6.54 Å². The third-order valence-electron chi connectivity index (χ3n) is 2.23. The van der Waals surface area contributed by atoms with E-state index in [2.05, 4.69) is 55.6 Å². The van der Waals surface area contributed by atoms with Crippen molar-refractivity contribution in [1.82, 2.24) is 0 Å². The van der Waals surface area contributed by atoms with E-state index in [9.17, 15) is 0 Å². The lowest BCUT2D eigenvalue weighted by Crippen LogP contribution is -2.02. The first-order valence-corrected chi connectivity index (χ1v) is 5.19. The molecule has 1 heteroatoms. The zero-order valence-electron chi connectivity index (χ0n) is 9.25. The highest BCUT2D eigenvalue weighted by atomic mass is 14.9. The van der Waals surface area contributed by atoms with Gasteiger partial charge in [-0.15, -0.1) is 0 Å². The normalized spacial score (nSPS) is 11.1. The SMILES string of the molecule is C/C=C/CNc1ccccc1C(C)C. The molecule has 1 aromatic carbocycles. The highest BCUT2D eigenvalue weighted by molar-refractivity contribution is 5.52. The molecule has 0 aliphatic rings. The summed E-state index contributed by atoms with van der Waals surface area (Å²) in [5.41, 5.74) is 2.64. The van der Waals surface area contributed by atoms with Gasteiger partial charge in [0.25, 0.3) is 0 Å². The van der Waals surface area contributed by atoms with E-state index in [1.807, 2.05) is 6.92 Å². The second-order valence-corrected chi connectivity index (χ2v) is 3.69. The molecule has 0 aliphatic heterocycles. The van der Waals surface area contributed by atoms with E-state index in [0.717, 1.165) is 6.54 Å². The van der Waals surface area contributed by atoms with Gasteiger partial charge in [-0.3, -0.25) is 0 Å². The summed E-state index contributed by atoms with van der Waals surface area (Å²) in [5.74, 6) is 0.573. The largest absolute Gasteiger partial charge is 0.381 e. The van der Waals surface area contributed by atoms with Crippen molar-refractivity contribution in [3.63, 3.8) is 0 Å². The Morgan fingerprint density at radius 3 is 2.64 bits per heavy atom. The topological polar surface area (TPSA) is 12.0 Å². The van der Waals surface area contributed by atoms with E-state index in [0.29, 0.717) is 5.92 Å². The van der Waals surface area contributed by atoms with E-state index in [1.165, 1.54) is 11.3 Å². The maximum Gasteiger partial charge on any atom is 0.0377 e. The minimum Gasteiger partial charge on any atom is -0.381 e. The summed E-state index contributed by atoms with van der Waals surface area (Å²) < 4.78 is 0. The van der Waals surface area contributed by atoms with Crippen molar-refractivity contribution >= 4 is 5.69 Å². The molecule has 1 aromatic rings. The van der Waals surface area contributed by atoms with Crippen LogP contribution in [0, 0.1) is 0 Å². The van der Waals surface area contributed by atoms with Crippen LogP contribution in [-0.2, 0) is 0 Å². The fourth-order valence-electron chi connectivity index (χ4n) is 1.45. The van der Waals surface area contributed by atoms with Gasteiger partial charge in [-0.2, -0.15) is 0 Å². The van der Waals surface area contributed by atoms with Crippen molar-refractivity contribution in [3.8, 4) is 0 Å². The summed E-state index contributed by atoms with van der Waals surface area (Å²) in [7, 11) is 0. The first kappa shape index (κ1) is 10.8. The fourth-order valence-corrected chi connectivity index (χ4v) is 1.45. The molecule has 76 valence electrons. The van der Waals surface area contributed by atoms with Crippen LogP contribution in [0.3, 0.4) is 0 Å². The van der Waals surface area contributed by atoms with Gasteiger partial charge >= 0.3 is 0 Å². The summed E-state index contributed by atoms with van der Waals surface area (Å²) in [5, 5.41) is 3.41. The van der Waals surface area contributed by atoms with Gasteiger partial charge in [0.2, 0.25) is 0 Å². The first-order chi connectivity index (χ1) is 6.75. The molecule has 1 rings (SSSR count). The van der Waals surface area contributed by atoms with Crippen molar-refractivity contribution in [2.75, 3.05) is 11.9 Å². The van der Waals surface area contributed by atoms with Crippen molar-refractivity contribution in [2.45, 2.75) is 26.7 Å². The van der Waals surface area contributed by atoms with Crippen molar-refractivity contribution < 1.29 is 0 Å². The molecule has 1 N–H and O–H groups in total. The number of anilines is 1. The quantitative estimate of drug-likeness (QED) is 0.710. The molecule has 0 saturated heterocycles. The van der Waals surface area contributed by atoms with E-state index < -0.39 is 0 Å². The maximum absolute atomic E-state index is 3.41. The van der Waals surface area contributed by atoms with Gasteiger partial charge in [-0.25, -0.2) is 0 Å². The lowest BCUT2D eigenvalue weighted by Gasteiger charge is -2.13. The number of benzene rings is 1. The highest BCUT2D eigenvalue weighted by Crippen LogP contribution is 2.23. The lowest BCUT2D eigenvalue weighted by atomic mass is 10.0. The molecule has 0 radical (unpaired) electrons. The number of hydrogen-bond acceptors (Lipinski definition) is 1. The zero-order valence-corrected chi connectivity index (χ0v) is 9.25. The summed E-state index contributed by atoms with van der Waals surface area (Å²) in [6, 6.07) is 8.49. The predicted octanol–water partition coefficient (Wildman–Crippen LogP) is 3.80. The third kappa shape index (κ3) is 2.91. The van der Waals surface area contributed by atoms with Crippen LogP contribution in [0.1, 0.15) is 32.3 Å². The Morgan fingerprint density at radius 2 is 2.00 bits per heavy atom. The molecule has 1 nitrogen and oxygen atoms in total. The summed E-state index contributed by atoms with van der Waals surface area (Å²) in [4.78, 5) is 0. The van der Waals surface area contributed by atoms with E-state index in [1.54, 1.807) is 0 Å². The second-order valence-electron chi connectivity index (χ2n) is 3.69. The van der Waals surface area contributed by atoms with Crippen molar-refractivity contribution in [2.24, 2.45) is 0 Å². The molecular weight excluding hydrogens is 170 g/mol. The Hall–Kier alpha value is -1.24. The van der Waals surface area contributed by atoms with Crippen molar-refractivity contribution in [1.29, 1.82) is 0 Å². The zero-order chi connectivity index (χ0) is 10.4. The van der Waals surface area contributed by atoms with Crippen LogP contribution in [0.15, 0.2) is 36.4 Å². The minimum absolute atomic E-state index is 0.573. The Labute approximate surface area is 86.8 Å². The van der Waals surface area contributed by atoms with E-state index in [-0.39, 0.29) is 0 Å². The fraction of sp³-hybridized carbons (Fsp3) is 0.385. The monoisotopic (exact) mass is 189 g/mol. The van der Waals surface area contributed by atoms with Gasteiger partial charge in [0, 0.05) is 12.2 Å². The predicted molar refractivity (Wildman–Crippen MR) is 63.8 cm³/mol. The second kappa shape index (κ2) is 5.48. The molecule has 0 spiro atoms. The van der Waals surface area contributed by atoms with Crippen LogP contribution in [0.5, 0.6) is 0 Å². The summed E-state index contributed by atoms with van der Waals surface area (Å²) in [6.07, 6.45) is 4.18. The average molecular weight is 189 g/mol. The van der Waals surface area contributed by atoms with Gasteiger partial charge < -0.3 is 5.32 Å². The molecule has 0 saturated carbocycles. The average Bonchev–Trinajstić information content (AvgIpc) is 2.19. The molecule has 0 unspecified atom stereocenters. The van der Waals surface area contributed by atoms with Gasteiger partial charge in [-0.05, 0) is 24.5 Å². The molecule has 0 heterocycles. The Morgan fingerprint density at radius 1 is 1.29 bits per heavy atom. The standard InChI is InChI=1S/C13H19N/c1-4-5-10-14-13-9-7-6-8-12(13)11(2)3/h4-9,11,14H,10H2,1-3H3/b5-4+. The number of rotatable bonds is 4. The molecule has 0 bridgehead atoms. The Balaban J connectivity index is 2.74. The number of allylic oxidation sites excluding steroid dienone is 1. The summed E-state index contributed by atoms with van der Waals surface area (Å²) >= 11 is 0. The van der Waals surface area contributed by atoms with Gasteiger partial charge in [-0.1, -0.05) is 44.2 Å². The molecule has 0 aromatic heterocycles. The highest BCUT2D eigenvalue weighted by Gasteiger charge is 2.03. The van der Waals surface area contributed by atoms with Crippen LogP contribution in [0.2, 0.25) is 0 Å². The van der Waals surface area contributed by atoms with Gasteiger partial charge in [0.1, 0.15) is 0 Å². The van der Waals surface area contributed by atoms with Crippen molar-refractivity contribution in [3.05, 3.63) is 42.0 Å². The number of hydrogen-bond donors (Lipinski definition) is 1. The molecule has 0 aliphatic carbocycles. The van der Waals surface area contributed by atoms with Crippen LogP contribution in [0.25, 0.3) is 0 Å². The van der Waals surface area contributed by atoms with Crippen LogP contribution < -0.4 is 5.32 Å². The molecule has 0 atom stereocenters. The van der Waals surface area contributed by atoms with Crippen LogP contribution in [0.4, 0.5) is 5.69 Å². The van der Waals surface area contributed by atoms with E-state index in [4.69, 9.17) is 0 Å². The first-order valence-electron chi connectivity index (χ1n) is 5.19. The number of para-hydroxylation sites is 1. The molecule has 14 heavy (non-hydrogen) atoms. The Bertz CT molecular complexity index is 300. The van der Waals surface area contributed by atoms with Gasteiger partial charge in [0.15, 0.2) is 0 Å². The third-order valence-corrected chi connectivity index (χ3v) is 2.23. The smallest absolute Gasteiger partial charge is 0.0377 e. The minimum atomic E-state index is 0.573. The molecule has 0 amide bonds. The molecular formula is C13H19N. The Kier molecular flexibility index (Phi) is 4.24. The van der Waals surface area contributed by atoms with Crippen LogP contribution >= 0.6 is 0 Å². The molecule has 0 fully saturated rings. The maximum atomic E-state index is 3.41.